The summed E-state index contributed by atoms with van der Waals surface area (Å²) in [5.41, 5.74) is 0.929. The van der Waals surface area contributed by atoms with Gasteiger partial charge in [0.15, 0.2) is 4.88 Å². The average molecular weight is 302 g/mol. The average Bonchev–Trinajstić information content (AvgIpc) is 2.89. The maximum absolute atomic E-state index is 11.2. The number of hydrogen-bond donors (Lipinski definition) is 1. The molecular weight excluding hydrogens is 288 g/mol. The Labute approximate surface area is 126 Å². The third kappa shape index (κ3) is 3.58. The fourth-order valence-corrected chi connectivity index (χ4v) is 2.90. The molecule has 2 aromatic rings. The van der Waals surface area contributed by atoms with Gasteiger partial charge in [-0.2, -0.15) is 5.26 Å². The van der Waals surface area contributed by atoms with Crippen LogP contribution in [0, 0.1) is 11.3 Å². The number of carbonyl (C=O) groups is 1. The smallest absolute Gasteiger partial charge is 0.349 e. The van der Waals surface area contributed by atoms with E-state index in [1.165, 1.54) is 17.5 Å². The van der Waals surface area contributed by atoms with Crippen LogP contribution in [0.4, 0.5) is 0 Å². The molecule has 0 unspecified atom stereocenters. The third-order valence-electron chi connectivity index (χ3n) is 2.82. The van der Waals surface area contributed by atoms with Crippen LogP contribution in [0.2, 0.25) is 0 Å². The zero-order chi connectivity index (χ0) is 15.2. The Hall–Kier alpha value is -2.39. The van der Waals surface area contributed by atoms with Crippen molar-refractivity contribution in [1.29, 1.82) is 5.26 Å². The SMILES string of the molecule is CCCc1cc(OCc2cccnc2C#N)c(C(=O)O)s1. The predicted molar refractivity (Wildman–Crippen MR) is 78.6 cm³/mol. The Morgan fingerprint density at radius 2 is 2.38 bits per heavy atom. The van der Waals surface area contributed by atoms with E-state index in [1.807, 2.05) is 13.0 Å². The van der Waals surface area contributed by atoms with Gasteiger partial charge in [0.1, 0.15) is 24.1 Å². The number of hydrogen-bond acceptors (Lipinski definition) is 5. The highest BCUT2D eigenvalue weighted by atomic mass is 32.1. The van der Waals surface area contributed by atoms with E-state index in [0.29, 0.717) is 17.0 Å². The first kappa shape index (κ1) is 15.0. The van der Waals surface area contributed by atoms with E-state index in [1.54, 1.807) is 18.2 Å². The molecule has 0 aromatic carbocycles. The molecule has 21 heavy (non-hydrogen) atoms. The number of aryl methyl sites for hydroxylation is 1. The van der Waals surface area contributed by atoms with Crippen LogP contribution in [0.5, 0.6) is 5.75 Å². The van der Waals surface area contributed by atoms with Crippen LogP contribution in [0.1, 0.15) is 39.2 Å². The summed E-state index contributed by atoms with van der Waals surface area (Å²) in [6.45, 7) is 2.16. The van der Waals surface area contributed by atoms with Crippen LogP contribution in [-0.4, -0.2) is 16.1 Å². The quantitative estimate of drug-likeness (QED) is 0.885. The molecule has 0 amide bonds. The highest BCUT2D eigenvalue weighted by molar-refractivity contribution is 7.14. The van der Waals surface area contributed by atoms with E-state index in [0.717, 1.165) is 17.7 Å². The third-order valence-corrected chi connectivity index (χ3v) is 3.98. The van der Waals surface area contributed by atoms with Gasteiger partial charge in [-0.05, 0) is 18.6 Å². The van der Waals surface area contributed by atoms with Gasteiger partial charge in [0, 0.05) is 16.6 Å². The first-order valence-corrected chi connectivity index (χ1v) is 7.30. The Morgan fingerprint density at radius 3 is 3.05 bits per heavy atom. The van der Waals surface area contributed by atoms with Crippen molar-refractivity contribution in [3.05, 3.63) is 45.4 Å². The van der Waals surface area contributed by atoms with Gasteiger partial charge < -0.3 is 9.84 Å². The van der Waals surface area contributed by atoms with Gasteiger partial charge in [0.2, 0.25) is 0 Å². The second-order valence-corrected chi connectivity index (χ2v) is 5.51. The van der Waals surface area contributed by atoms with Crippen LogP contribution in [0.15, 0.2) is 24.4 Å². The number of carboxylic acids is 1. The van der Waals surface area contributed by atoms with Gasteiger partial charge in [0.25, 0.3) is 0 Å². The molecule has 0 aliphatic rings. The topological polar surface area (TPSA) is 83.2 Å². The molecule has 0 aliphatic heterocycles. The van der Waals surface area contributed by atoms with E-state index in [4.69, 9.17) is 10.00 Å². The number of ether oxygens (including phenoxy) is 1. The van der Waals surface area contributed by atoms with Crippen molar-refractivity contribution in [2.45, 2.75) is 26.4 Å². The zero-order valence-corrected chi connectivity index (χ0v) is 12.3. The highest BCUT2D eigenvalue weighted by Gasteiger charge is 2.17. The first-order valence-electron chi connectivity index (χ1n) is 6.48. The second kappa shape index (κ2) is 6.86. The number of rotatable bonds is 6. The van der Waals surface area contributed by atoms with Crippen LogP contribution in [0.25, 0.3) is 0 Å². The van der Waals surface area contributed by atoms with Crippen molar-refractivity contribution in [3.63, 3.8) is 0 Å². The molecule has 5 nitrogen and oxygen atoms in total. The van der Waals surface area contributed by atoms with E-state index >= 15 is 0 Å². The summed E-state index contributed by atoms with van der Waals surface area (Å²) < 4.78 is 5.59. The largest absolute Gasteiger partial charge is 0.487 e. The molecule has 0 saturated carbocycles. The monoisotopic (exact) mass is 302 g/mol. The summed E-state index contributed by atoms with van der Waals surface area (Å²) in [6.07, 6.45) is 3.31. The van der Waals surface area contributed by atoms with E-state index in [2.05, 4.69) is 4.98 Å². The van der Waals surface area contributed by atoms with Gasteiger partial charge in [-0.1, -0.05) is 19.4 Å². The molecular formula is C15H14N2O3S. The molecule has 0 fully saturated rings. The number of nitrogens with zero attached hydrogens (tertiary/aromatic N) is 2. The van der Waals surface area contributed by atoms with Gasteiger partial charge in [-0.25, -0.2) is 9.78 Å². The lowest BCUT2D eigenvalue weighted by Gasteiger charge is -2.06. The Morgan fingerprint density at radius 1 is 1.57 bits per heavy atom. The number of aromatic carboxylic acids is 1. The molecule has 0 saturated heterocycles. The lowest BCUT2D eigenvalue weighted by atomic mass is 10.2. The summed E-state index contributed by atoms with van der Waals surface area (Å²) in [5, 5.41) is 18.2. The van der Waals surface area contributed by atoms with Crippen molar-refractivity contribution in [2.75, 3.05) is 0 Å². The van der Waals surface area contributed by atoms with Crippen molar-refractivity contribution in [2.24, 2.45) is 0 Å². The van der Waals surface area contributed by atoms with Gasteiger partial charge in [0.05, 0.1) is 0 Å². The van der Waals surface area contributed by atoms with E-state index in [9.17, 15) is 9.90 Å². The fraction of sp³-hybridized carbons (Fsp3) is 0.267. The minimum absolute atomic E-state index is 0.124. The standard InChI is InChI=1S/C15H14N2O3S/c1-2-4-11-7-13(14(21-11)15(18)19)20-9-10-5-3-6-17-12(10)8-16/h3,5-7H,2,4,9H2,1H3,(H,18,19). The van der Waals surface area contributed by atoms with Crippen molar-refractivity contribution in [1.82, 2.24) is 4.98 Å². The molecule has 0 atom stereocenters. The summed E-state index contributed by atoms with van der Waals surface area (Å²) in [6, 6.07) is 7.21. The van der Waals surface area contributed by atoms with Crippen molar-refractivity contribution in [3.8, 4) is 11.8 Å². The predicted octanol–water partition coefficient (Wildman–Crippen LogP) is 3.24. The summed E-state index contributed by atoms with van der Waals surface area (Å²) in [7, 11) is 0. The number of aromatic nitrogens is 1. The minimum atomic E-state index is -0.996. The number of pyridine rings is 1. The highest BCUT2D eigenvalue weighted by Crippen LogP contribution is 2.31. The maximum Gasteiger partial charge on any atom is 0.349 e. The second-order valence-electron chi connectivity index (χ2n) is 4.37. The number of carboxylic acid groups (broad SMARTS) is 1. The van der Waals surface area contributed by atoms with Crippen LogP contribution in [-0.2, 0) is 13.0 Å². The number of thiophene rings is 1. The maximum atomic E-state index is 11.2. The molecule has 2 aromatic heterocycles. The van der Waals surface area contributed by atoms with E-state index in [-0.39, 0.29) is 11.5 Å². The summed E-state index contributed by atoms with van der Waals surface area (Å²) in [5.74, 6) is -0.646. The lowest BCUT2D eigenvalue weighted by molar-refractivity contribution is 0.0697. The summed E-state index contributed by atoms with van der Waals surface area (Å²) in [4.78, 5) is 16.4. The normalized spacial score (nSPS) is 10.1. The molecule has 108 valence electrons. The van der Waals surface area contributed by atoms with Crippen LogP contribution < -0.4 is 4.74 Å². The van der Waals surface area contributed by atoms with Gasteiger partial charge >= 0.3 is 5.97 Å². The van der Waals surface area contributed by atoms with Crippen LogP contribution >= 0.6 is 11.3 Å². The molecule has 0 bridgehead atoms. The van der Waals surface area contributed by atoms with Crippen LogP contribution in [0.3, 0.4) is 0 Å². The molecule has 0 aliphatic carbocycles. The minimum Gasteiger partial charge on any atom is -0.487 e. The molecule has 0 spiro atoms. The molecule has 0 radical (unpaired) electrons. The molecule has 2 rings (SSSR count). The molecule has 1 N–H and O–H groups in total. The zero-order valence-electron chi connectivity index (χ0n) is 11.5. The van der Waals surface area contributed by atoms with E-state index < -0.39 is 5.97 Å². The van der Waals surface area contributed by atoms with Crippen molar-refractivity contribution < 1.29 is 14.6 Å². The summed E-state index contributed by atoms with van der Waals surface area (Å²) >= 11 is 1.23. The fourth-order valence-electron chi connectivity index (χ4n) is 1.86. The number of nitriles is 1. The molecule has 2 heterocycles. The Balaban J connectivity index is 2.19. The van der Waals surface area contributed by atoms with Gasteiger partial charge in [-0.3, -0.25) is 0 Å². The Kier molecular flexibility index (Phi) is 4.90. The van der Waals surface area contributed by atoms with Gasteiger partial charge in [-0.15, -0.1) is 11.3 Å². The first-order chi connectivity index (χ1) is 10.2. The Bertz CT molecular complexity index is 688. The molecule has 6 heteroatoms. The van der Waals surface area contributed by atoms with Crippen molar-refractivity contribution >= 4 is 17.3 Å². The lowest BCUT2D eigenvalue weighted by Crippen LogP contribution is -2.02.